The fourth-order valence-corrected chi connectivity index (χ4v) is 2.11. The van der Waals surface area contributed by atoms with E-state index in [1.54, 1.807) is 0 Å². The van der Waals surface area contributed by atoms with Crippen molar-refractivity contribution in [2.75, 3.05) is 13.1 Å². The summed E-state index contributed by atoms with van der Waals surface area (Å²) in [6.45, 7) is 4.49. The Bertz CT molecular complexity index is 278. The molecule has 2 rings (SSSR count). The second-order valence-electron chi connectivity index (χ2n) is 4.33. The monoisotopic (exact) mass is 204 g/mol. The predicted molar refractivity (Wildman–Crippen MR) is 63.9 cm³/mol. The molecule has 0 aliphatic carbocycles. The van der Waals surface area contributed by atoms with Gasteiger partial charge in [0.05, 0.1) is 0 Å². The highest BCUT2D eigenvalue weighted by atomic mass is 15.0. The lowest BCUT2D eigenvalue weighted by atomic mass is 10.1. The van der Waals surface area contributed by atoms with E-state index in [1.807, 2.05) is 0 Å². The van der Waals surface area contributed by atoms with Crippen LogP contribution in [0.1, 0.15) is 31.4 Å². The van der Waals surface area contributed by atoms with Crippen LogP contribution in [0.5, 0.6) is 0 Å². The maximum Gasteiger partial charge on any atom is 0.0292 e. The quantitative estimate of drug-likeness (QED) is 0.784. The number of hydrogen-bond donors (Lipinski definition) is 2. The normalized spacial score (nSPS) is 22.9. The lowest BCUT2D eigenvalue weighted by molar-refractivity contribution is 0.490. The molecule has 0 saturated carbocycles. The summed E-state index contributed by atoms with van der Waals surface area (Å²) in [5.74, 6) is 0. The third kappa shape index (κ3) is 3.05. The van der Waals surface area contributed by atoms with Crippen LogP contribution in [-0.2, 0) is 0 Å². The number of benzene rings is 1. The Morgan fingerprint density at radius 1 is 1.40 bits per heavy atom. The van der Waals surface area contributed by atoms with Crippen molar-refractivity contribution in [1.29, 1.82) is 0 Å². The molecule has 0 aromatic heterocycles. The van der Waals surface area contributed by atoms with E-state index in [1.165, 1.54) is 24.9 Å². The minimum atomic E-state index is 0.452. The summed E-state index contributed by atoms with van der Waals surface area (Å²) in [5, 5.41) is 7.08. The molecule has 1 aliphatic heterocycles. The SMILES string of the molecule is C[C@H](NC[C@@H]1CCCN1)c1ccccc1. The average molecular weight is 204 g/mol. The summed E-state index contributed by atoms with van der Waals surface area (Å²) >= 11 is 0. The zero-order chi connectivity index (χ0) is 10.5. The van der Waals surface area contributed by atoms with Gasteiger partial charge in [-0.2, -0.15) is 0 Å². The molecule has 1 saturated heterocycles. The Hall–Kier alpha value is -0.860. The summed E-state index contributed by atoms with van der Waals surface area (Å²) in [5.41, 5.74) is 1.37. The van der Waals surface area contributed by atoms with E-state index in [9.17, 15) is 0 Å². The first kappa shape index (κ1) is 10.7. The topological polar surface area (TPSA) is 24.1 Å². The molecule has 0 spiro atoms. The Morgan fingerprint density at radius 2 is 2.20 bits per heavy atom. The van der Waals surface area contributed by atoms with Gasteiger partial charge >= 0.3 is 0 Å². The van der Waals surface area contributed by atoms with E-state index in [2.05, 4.69) is 47.9 Å². The standard InChI is InChI=1S/C13H20N2/c1-11(12-6-3-2-4-7-12)15-10-13-8-5-9-14-13/h2-4,6-7,11,13-15H,5,8-10H2,1H3/t11-,13-/m0/s1. The number of nitrogens with one attached hydrogen (secondary N) is 2. The first-order valence-corrected chi connectivity index (χ1v) is 5.88. The van der Waals surface area contributed by atoms with Crippen molar-refractivity contribution in [3.8, 4) is 0 Å². The van der Waals surface area contributed by atoms with E-state index >= 15 is 0 Å². The van der Waals surface area contributed by atoms with Crippen molar-refractivity contribution < 1.29 is 0 Å². The minimum absolute atomic E-state index is 0.452. The van der Waals surface area contributed by atoms with Crippen LogP contribution < -0.4 is 10.6 Å². The Labute approximate surface area is 92.1 Å². The molecular formula is C13H20N2. The third-order valence-corrected chi connectivity index (χ3v) is 3.13. The van der Waals surface area contributed by atoms with Gasteiger partial charge in [0, 0.05) is 18.6 Å². The van der Waals surface area contributed by atoms with Gasteiger partial charge < -0.3 is 10.6 Å². The summed E-state index contributed by atoms with van der Waals surface area (Å²) in [7, 11) is 0. The molecule has 1 aromatic carbocycles. The van der Waals surface area contributed by atoms with Gasteiger partial charge in [0.15, 0.2) is 0 Å². The van der Waals surface area contributed by atoms with Crippen molar-refractivity contribution >= 4 is 0 Å². The van der Waals surface area contributed by atoms with E-state index in [0.717, 1.165) is 6.54 Å². The molecule has 2 atom stereocenters. The molecular weight excluding hydrogens is 184 g/mol. The van der Waals surface area contributed by atoms with Gasteiger partial charge in [-0.3, -0.25) is 0 Å². The summed E-state index contributed by atoms with van der Waals surface area (Å²) < 4.78 is 0. The molecule has 15 heavy (non-hydrogen) atoms. The molecule has 1 aromatic rings. The van der Waals surface area contributed by atoms with Crippen LogP contribution in [0.25, 0.3) is 0 Å². The van der Waals surface area contributed by atoms with E-state index < -0.39 is 0 Å². The molecule has 1 aliphatic rings. The zero-order valence-corrected chi connectivity index (χ0v) is 9.37. The molecule has 0 bridgehead atoms. The maximum atomic E-state index is 3.58. The van der Waals surface area contributed by atoms with Crippen LogP contribution in [0, 0.1) is 0 Å². The Morgan fingerprint density at radius 3 is 2.87 bits per heavy atom. The van der Waals surface area contributed by atoms with Gasteiger partial charge in [-0.1, -0.05) is 30.3 Å². The highest BCUT2D eigenvalue weighted by Crippen LogP contribution is 2.12. The van der Waals surface area contributed by atoms with Crippen molar-refractivity contribution in [3.63, 3.8) is 0 Å². The molecule has 82 valence electrons. The third-order valence-electron chi connectivity index (χ3n) is 3.13. The van der Waals surface area contributed by atoms with E-state index in [-0.39, 0.29) is 0 Å². The lowest BCUT2D eigenvalue weighted by Crippen LogP contribution is -2.35. The second kappa shape index (κ2) is 5.29. The molecule has 2 heteroatoms. The van der Waals surface area contributed by atoms with Crippen molar-refractivity contribution in [2.45, 2.75) is 31.8 Å². The largest absolute Gasteiger partial charge is 0.313 e. The fourth-order valence-electron chi connectivity index (χ4n) is 2.11. The van der Waals surface area contributed by atoms with Gasteiger partial charge in [0.25, 0.3) is 0 Å². The average Bonchev–Trinajstić information content (AvgIpc) is 2.80. The van der Waals surface area contributed by atoms with Crippen molar-refractivity contribution in [2.24, 2.45) is 0 Å². The molecule has 2 nitrogen and oxygen atoms in total. The van der Waals surface area contributed by atoms with Gasteiger partial charge in [0.2, 0.25) is 0 Å². The van der Waals surface area contributed by atoms with Crippen molar-refractivity contribution in [3.05, 3.63) is 35.9 Å². The van der Waals surface area contributed by atoms with Crippen LogP contribution in [0.15, 0.2) is 30.3 Å². The van der Waals surface area contributed by atoms with E-state index in [4.69, 9.17) is 0 Å². The molecule has 1 fully saturated rings. The number of rotatable bonds is 4. The Kier molecular flexibility index (Phi) is 3.75. The maximum absolute atomic E-state index is 3.58. The van der Waals surface area contributed by atoms with Gasteiger partial charge in [-0.25, -0.2) is 0 Å². The van der Waals surface area contributed by atoms with E-state index in [0.29, 0.717) is 12.1 Å². The molecule has 0 amide bonds. The van der Waals surface area contributed by atoms with Crippen LogP contribution in [-0.4, -0.2) is 19.1 Å². The van der Waals surface area contributed by atoms with Crippen LogP contribution in [0.2, 0.25) is 0 Å². The number of hydrogen-bond acceptors (Lipinski definition) is 2. The minimum Gasteiger partial charge on any atom is -0.313 e. The van der Waals surface area contributed by atoms with Crippen LogP contribution >= 0.6 is 0 Å². The summed E-state index contributed by atoms with van der Waals surface area (Å²) in [6, 6.07) is 11.8. The summed E-state index contributed by atoms with van der Waals surface area (Å²) in [4.78, 5) is 0. The van der Waals surface area contributed by atoms with Crippen LogP contribution in [0.3, 0.4) is 0 Å². The highest BCUT2D eigenvalue weighted by Gasteiger charge is 2.14. The summed E-state index contributed by atoms with van der Waals surface area (Å²) in [6.07, 6.45) is 2.64. The highest BCUT2D eigenvalue weighted by molar-refractivity contribution is 5.18. The zero-order valence-electron chi connectivity index (χ0n) is 9.37. The van der Waals surface area contributed by atoms with Gasteiger partial charge in [-0.05, 0) is 31.9 Å². The Balaban J connectivity index is 1.79. The van der Waals surface area contributed by atoms with Gasteiger partial charge in [-0.15, -0.1) is 0 Å². The second-order valence-corrected chi connectivity index (χ2v) is 4.33. The predicted octanol–water partition coefficient (Wildman–Crippen LogP) is 2.09. The smallest absolute Gasteiger partial charge is 0.0292 e. The molecule has 0 radical (unpaired) electrons. The van der Waals surface area contributed by atoms with Gasteiger partial charge in [0.1, 0.15) is 0 Å². The van der Waals surface area contributed by atoms with Crippen molar-refractivity contribution in [1.82, 2.24) is 10.6 Å². The fraction of sp³-hybridized carbons (Fsp3) is 0.538. The molecule has 1 heterocycles. The first-order chi connectivity index (χ1) is 7.36. The molecule has 0 unspecified atom stereocenters. The first-order valence-electron chi connectivity index (χ1n) is 5.88. The lowest BCUT2D eigenvalue weighted by Gasteiger charge is -2.17. The molecule has 2 N–H and O–H groups in total. The van der Waals surface area contributed by atoms with Crippen LogP contribution in [0.4, 0.5) is 0 Å².